The van der Waals surface area contributed by atoms with Gasteiger partial charge in [-0.25, -0.2) is 0 Å². The van der Waals surface area contributed by atoms with Crippen molar-refractivity contribution in [3.8, 4) is 11.5 Å². The number of carbonyl (C=O) groups is 1. The van der Waals surface area contributed by atoms with Gasteiger partial charge in [0, 0.05) is 36.1 Å². The number of benzene rings is 1. The summed E-state index contributed by atoms with van der Waals surface area (Å²) >= 11 is 6.36. The van der Waals surface area contributed by atoms with Crippen molar-refractivity contribution in [2.24, 2.45) is 0 Å². The zero-order valence-electron chi connectivity index (χ0n) is 15.9. The fourth-order valence-corrected chi connectivity index (χ4v) is 3.03. The molecule has 0 N–H and O–H groups in total. The van der Waals surface area contributed by atoms with E-state index in [0.29, 0.717) is 39.9 Å². The first-order valence-corrected chi connectivity index (χ1v) is 9.26. The lowest BCUT2D eigenvalue weighted by Gasteiger charge is -2.23. The Morgan fingerprint density at radius 3 is 2.89 bits per heavy atom. The summed E-state index contributed by atoms with van der Waals surface area (Å²) in [5.41, 5.74) is 2.49. The molecule has 0 bridgehead atoms. The van der Waals surface area contributed by atoms with Crippen LogP contribution in [0.1, 0.15) is 29.3 Å². The molecule has 1 amide bonds. The van der Waals surface area contributed by atoms with E-state index >= 15 is 0 Å². The number of nitrogens with zero attached hydrogens (tertiary/aromatic N) is 2. The molecular weight excluding hydrogens is 376 g/mol. The summed E-state index contributed by atoms with van der Waals surface area (Å²) in [6.45, 7) is 12.0. The molecule has 2 aromatic heterocycles. The largest absolute Gasteiger partial charge is 0.464 e. The van der Waals surface area contributed by atoms with Gasteiger partial charge in [0.2, 0.25) is 0 Å². The summed E-state index contributed by atoms with van der Waals surface area (Å²) in [4.78, 5) is 18.7. The Balaban J connectivity index is 2.00. The molecule has 3 aromatic rings. The summed E-state index contributed by atoms with van der Waals surface area (Å²) in [7, 11) is 0. The quantitative estimate of drug-likeness (QED) is 0.450. The first kappa shape index (κ1) is 19.7. The first-order valence-electron chi connectivity index (χ1n) is 8.88. The second-order valence-electron chi connectivity index (χ2n) is 6.32. The Morgan fingerprint density at radius 2 is 2.18 bits per heavy atom. The van der Waals surface area contributed by atoms with Crippen LogP contribution in [0.3, 0.4) is 0 Å². The Hall–Kier alpha value is -3.05. The minimum absolute atomic E-state index is 0.258. The fraction of sp³-hybridized carbons (Fsp3) is 0.182. The Kier molecular flexibility index (Phi) is 5.85. The standard InChI is InChI=1S/C22H21ClN2O3/c1-5-9-25(15(4)6-2)22(26)17-12-24-8-7-19(17)28-21-10-16-14(3)13-27-20(16)11-18(21)23/h6-8,10-13H,2,4-5,9H2,1,3H3. The third kappa shape index (κ3) is 3.80. The van der Waals surface area contributed by atoms with Crippen molar-refractivity contribution in [1.29, 1.82) is 0 Å². The van der Waals surface area contributed by atoms with Crippen LogP contribution >= 0.6 is 11.6 Å². The van der Waals surface area contributed by atoms with Crippen LogP contribution in [0.2, 0.25) is 5.02 Å². The SMILES string of the molecule is C=CC(=C)N(CCC)C(=O)c1cnccc1Oc1cc2c(C)coc2cc1Cl. The van der Waals surface area contributed by atoms with E-state index in [4.69, 9.17) is 20.8 Å². The van der Waals surface area contributed by atoms with Crippen molar-refractivity contribution in [2.75, 3.05) is 6.54 Å². The van der Waals surface area contributed by atoms with Gasteiger partial charge < -0.3 is 14.1 Å². The number of aryl methyl sites for hydroxylation is 1. The molecule has 3 rings (SSSR count). The van der Waals surface area contributed by atoms with Crippen molar-refractivity contribution in [3.05, 3.63) is 77.9 Å². The Labute approximate surface area is 168 Å². The zero-order chi connectivity index (χ0) is 20.3. The van der Waals surface area contributed by atoms with E-state index in [1.165, 1.54) is 6.20 Å². The van der Waals surface area contributed by atoms with Gasteiger partial charge in [-0.05, 0) is 37.1 Å². The van der Waals surface area contributed by atoms with Crippen LogP contribution in [0.15, 0.2) is 66.2 Å². The van der Waals surface area contributed by atoms with Crippen LogP contribution in [0.5, 0.6) is 11.5 Å². The number of aromatic nitrogens is 1. The number of furan rings is 1. The zero-order valence-corrected chi connectivity index (χ0v) is 16.6. The number of rotatable bonds is 7. The molecule has 1 aromatic carbocycles. The van der Waals surface area contributed by atoms with Crippen molar-refractivity contribution in [3.63, 3.8) is 0 Å². The number of hydrogen-bond acceptors (Lipinski definition) is 4. The van der Waals surface area contributed by atoms with Crippen molar-refractivity contribution in [1.82, 2.24) is 9.88 Å². The molecule has 6 heteroatoms. The van der Waals surface area contributed by atoms with E-state index in [0.717, 1.165) is 17.4 Å². The topological polar surface area (TPSA) is 55.6 Å². The van der Waals surface area contributed by atoms with Gasteiger partial charge in [0.25, 0.3) is 5.91 Å². The summed E-state index contributed by atoms with van der Waals surface area (Å²) in [6.07, 6.45) is 7.03. The number of carbonyl (C=O) groups excluding carboxylic acids is 1. The van der Waals surface area contributed by atoms with Crippen LogP contribution in [0, 0.1) is 6.92 Å². The smallest absolute Gasteiger partial charge is 0.263 e. The maximum Gasteiger partial charge on any atom is 0.263 e. The van der Waals surface area contributed by atoms with Crippen LogP contribution in [-0.2, 0) is 0 Å². The Morgan fingerprint density at radius 1 is 1.39 bits per heavy atom. The highest BCUT2D eigenvalue weighted by Gasteiger charge is 2.22. The molecule has 0 unspecified atom stereocenters. The maximum atomic E-state index is 13.1. The van der Waals surface area contributed by atoms with Crippen LogP contribution in [0.25, 0.3) is 11.0 Å². The average Bonchev–Trinajstić information content (AvgIpc) is 3.05. The third-order valence-corrected chi connectivity index (χ3v) is 4.62. The highest BCUT2D eigenvalue weighted by atomic mass is 35.5. The van der Waals surface area contributed by atoms with Gasteiger partial charge >= 0.3 is 0 Å². The second kappa shape index (κ2) is 8.31. The molecule has 144 valence electrons. The minimum atomic E-state index is -0.258. The maximum absolute atomic E-state index is 13.1. The number of pyridine rings is 1. The summed E-state index contributed by atoms with van der Waals surface area (Å²) in [5.74, 6) is 0.537. The minimum Gasteiger partial charge on any atom is -0.464 e. The molecule has 5 nitrogen and oxygen atoms in total. The molecule has 28 heavy (non-hydrogen) atoms. The van der Waals surface area contributed by atoms with Gasteiger partial charge in [-0.3, -0.25) is 9.78 Å². The second-order valence-corrected chi connectivity index (χ2v) is 6.73. The van der Waals surface area contributed by atoms with Gasteiger partial charge in [-0.2, -0.15) is 0 Å². The van der Waals surface area contributed by atoms with Gasteiger partial charge in [0.15, 0.2) is 0 Å². The average molecular weight is 397 g/mol. The van der Waals surface area contributed by atoms with Crippen molar-refractivity contribution in [2.45, 2.75) is 20.3 Å². The van der Waals surface area contributed by atoms with E-state index in [-0.39, 0.29) is 5.91 Å². The normalized spacial score (nSPS) is 10.7. The predicted molar refractivity (Wildman–Crippen MR) is 111 cm³/mol. The van der Waals surface area contributed by atoms with E-state index < -0.39 is 0 Å². The molecule has 0 aliphatic carbocycles. The van der Waals surface area contributed by atoms with Crippen molar-refractivity contribution < 1.29 is 13.9 Å². The number of allylic oxidation sites excluding steroid dienone is 1. The van der Waals surface area contributed by atoms with E-state index in [1.54, 1.807) is 41.6 Å². The summed E-state index contributed by atoms with van der Waals surface area (Å²) in [5, 5.41) is 1.28. The van der Waals surface area contributed by atoms with Crippen LogP contribution in [-0.4, -0.2) is 22.3 Å². The molecule has 0 aliphatic rings. The van der Waals surface area contributed by atoms with Crippen LogP contribution < -0.4 is 4.74 Å². The predicted octanol–water partition coefficient (Wildman–Crippen LogP) is 6.13. The van der Waals surface area contributed by atoms with E-state index in [1.807, 2.05) is 13.8 Å². The fourth-order valence-electron chi connectivity index (χ4n) is 2.84. The summed E-state index contributed by atoms with van der Waals surface area (Å²) in [6, 6.07) is 5.14. The van der Waals surface area contributed by atoms with E-state index in [2.05, 4.69) is 18.1 Å². The number of halogens is 1. The molecule has 0 radical (unpaired) electrons. The number of hydrogen-bond donors (Lipinski definition) is 0. The van der Waals surface area contributed by atoms with Gasteiger partial charge in [-0.1, -0.05) is 31.7 Å². The third-order valence-electron chi connectivity index (χ3n) is 4.33. The lowest BCUT2D eigenvalue weighted by molar-refractivity contribution is 0.0808. The number of ether oxygens (including phenoxy) is 1. The van der Waals surface area contributed by atoms with E-state index in [9.17, 15) is 4.79 Å². The highest BCUT2D eigenvalue weighted by Crippen LogP contribution is 2.36. The summed E-state index contributed by atoms with van der Waals surface area (Å²) < 4.78 is 11.5. The molecule has 0 fully saturated rings. The molecule has 0 saturated heterocycles. The lowest BCUT2D eigenvalue weighted by atomic mass is 10.2. The van der Waals surface area contributed by atoms with Crippen LogP contribution in [0.4, 0.5) is 0 Å². The van der Waals surface area contributed by atoms with Crippen molar-refractivity contribution >= 4 is 28.5 Å². The highest BCUT2D eigenvalue weighted by molar-refractivity contribution is 6.32. The van der Waals surface area contributed by atoms with Gasteiger partial charge in [0.05, 0.1) is 11.3 Å². The van der Waals surface area contributed by atoms with Gasteiger partial charge in [0.1, 0.15) is 22.6 Å². The molecule has 2 heterocycles. The molecule has 0 atom stereocenters. The molecule has 0 spiro atoms. The first-order chi connectivity index (χ1) is 13.5. The molecule has 0 aliphatic heterocycles. The Bertz CT molecular complexity index is 1060. The molecular formula is C22H21ClN2O3. The number of amides is 1. The number of fused-ring (bicyclic) bond motifs is 1. The molecule has 0 saturated carbocycles. The lowest BCUT2D eigenvalue weighted by Crippen LogP contribution is -2.30. The monoisotopic (exact) mass is 396 g/mol. The van der Waals surface area contributed by atoms with Gasteiger partial charge in [-0.15, -0.1) is 0 Å².